The van der Waals surface area contributed by atoms with Crippen LogP contribution >= 0.6 is 0 Å². The van der Waals surface area contributed by atoms with E-state index in [0.717, 1.165) is 0 Å². The third-order valence-corrected chi connectivity index (χ3v) is 0. The van der Waals surface area contributed by atoms with Gasteiger partial charge in [0.15, 0.2) is 17.4 Å². The summed E-state index contributed by atoms with van der Waals surface area (Å²) in [7, 11) is 0. The monoisotopic (exact) mass is 258 g/mol. The van der Waals surface area contributed by atoms with Crippen LogP contribution in [0.1, 0.15) is 0 Å². The molecule has 2 radical (unpaired) electrons. The Balaban J connectivity index is 0. The Morgan fingerprint density at radius 1 is 1.00 bits per heavy atom. The molecular weight excluding hydrogens is 256 g/mol. The van der Waals surface area contributed by atoms with Crippen molar-refractivity contribution in [3.8, 4) is 0 Å². The third kappa shape index (κ3) is 20.1. The van der Waals surface area contributed by atoms with Gasteiger partial charge >= 0.3 is 0 Å². The van der Waals surface area contributed by atoms with Crippen LogP contribution < -0.4 is 0 Å². The molecule has 0 aliphatic heterocycles. The summed E-state index contributed by atoms with van der Waals surface area (Å²) in [5.74, 6) is 0. The number of rotatable bonds is 0. The Morgan fingerprint density at radius 2 is 1.00 bits per heavy atom. The van der Waals surface area contributed by atoms with E-state index in [1.165, 1.54) is 0 Å². The molecule has 0 saturated carbocycles. The van der Waals surface area contributed by atoms with Crippen LogP contribution in [0, 0.1) is 0 Å². The zero-order valence-corrected chi connectivity index (χ0v) is 5.98. The molecule has 0 saturated heterocycles. The Kier molecular flexibility index (Phi) is 273. The van der Waals surface area contributed by atoms with Crippen LogP contribution in [-0.2, 0) is 72.1 Å². The van der Waals surface area contributed by atoms with Crippen molar-refractivity contribution in [2.24, 2.45) is 0 Å². The van der Waals surface area contributed by atoms with Crippen LogP contribution in [0.4, 0.5) is 0 Å². The van der Waals surface area contributed by atoms with Crippen molar-refractivity contribution in [1.82, 2.24) is 0 Å². The molecule has 0 bridgehead atoms. The van der Waals surface area contributed by atoms with Gasteiger partial charge in [0.2, 0.25) is 0 Å². The van der Waals surface area contributed by atoms with Crippen molar-refractivity contribution in [3.05, 3.63) is 0 Å². The molecule has 0 heterocycles. The van der Waals surface area contributed by atoms with Crippen molar-refractivity contribution in [2.75, 3.05) is 0 Å². The summed E-state index contributed by atoms with van der Waals surface area (Å²) in [6.45, 7) is 0. The molecular formula is H3AlCoCuNiTi. The molecule has 0 nitrogen and oxygen atoms in total. The van der Waals surface area contributed by atoms with Crippen LogP contribution in [0.15, 0.2) is 0 Å². The van der Waals surface area contributed by atoms with E-state index in [2.05, 4.69) is 0 Å². The minimum Gasteiger partial charge on any atom is 0 e. The molecule has 0 atom stereocenters. The first-order valence-electron chi connectivity index (χ1n) is 0. The van der Waals surface area contributed by atoms with Crippen molar-refractivity contribution in [3.63, 3.8) is 0 Å². The molecule has 40 valence electrons. The van der Waals surface area contributed by atoms with Crippen molar-refractivity contribution in [2.45, 2.75) is 0 Å². The van der Waals surface area contributed by atoms with Crippen molar-refractivity contribution >= 4 is 17.4 Å². The molecule has 0 amide bonds. The maximum atomic E-state index is 0. The standard InChI is InChI=1S/Al.Co.Cu.Ni.Ti.3H. The second kappa shape index (κ2) is 29.4. The number of hydrogen-bond donors (Lipinski definition) is 0. The molecule has 0 aromatic heterocycles. The van der Waals surface area contributed by atoms with E-state index in [1.54, 1.807) is 0 Å². The topological polar surface area (TPSA) is 0 Å². The summed E-state index contributed by atoms with van der Waals surface area (Å²) in [4.78, 5) is 0. The van der Waals surface area contributed by atoms with E-state index < -0.39 is 0 Å². The van der Waals surface area contributed by atoms with E-state index >= 15 is 0 Å². The van der Waals surface area contributed by atoms with E-state index in [4.69, 9.17) is 0 Å². The Bertz CT molecular complexity index is 11.6. The maximum Gasteiger partial charge on any atom is 0.187 e. The van der Waals surface area contributed by atoms with Gasteiger partial charge in [-0.25, -0.2) is 0 Å². The van der Waals surface area contributed by atoms with Crippen LogP contribution in [0.25, 0.3) is 0 Å². The zero-order valence-electron chi connectivity index (χ0n) is 1.45. The van der Waals surface area contributed by atoms with E-state index in [9.17, 15) is 0 Å². The molecule has 0 aromatic rings. The van der Waals surface area contributed by atoms with Gasteiger partial charge in [-0.15, -0.1) is 0 Å². The summed E-state index contributed by atoms with van der Waals surface area (Å²) in [5.41, 5.74) is 0. The van der Waals surface area contributed by atoms with Gasteiger partial charge < -0.3 is 0 Å². The maximum absolute atomic E-state index is 0. The Labute approximate surface area is 88.2 Å². The molecule has 0 aliphatic rings. The van der Waals surface area contributed by atoms with E-state index in [1.807, 2.05) is 0 Å². The fourth-order valence-corrected chi connectivity index (χ4v) is 0. The predicted octanol–water partition coefficient (Wildman–Crippen LogP) is -1.19. The van der Waals surface area contributed by atoms with E-state index in [-0.39, 0.29) is 89.4 Å². The fraction of sp³-hybridized carbons (Fsp3) is 0. The molecule has 0 fully saturated rings. The second-order valence-electron chi connectivity index (χ2n) is 0. The molecule has 0 N–H and O–H groups in total. The van der Waals surface area contributed by atoms with Gasteiger partial charge in [0.1, 0.15) is 0 Å². The van der Waals surface area contributed by atoms with Gasteiger partial charge in [-0.3, -0.25) is 0 Å². The summed E-state index contributed by atoms with van der Waals surface area (Å²) in [6.07, 6.45) is 0. The minimum absolute atomic E-state index is 0. The average Bonchev–Trinajstić information content (AvgIpc) is 0. The molecule has 5 heteroatoms. The quantitative estimate of drug-likeness (QED) is 0.480. The van der Waals surface area contributed by atoms with Gasteiger partial charge in [-0.05, 0) is 0 Å². The first-order chi connectivity index (χ1) is 0. The first-order valence-corrected chi connectivity index (χ1v) is 0. The van der Waals surface area contributed by atoms with Gasteiger partial charge in [-0.2, -0.15) is 0 Å². The van der Waals surface area contributed by atoms with Crippen LogP contribution in [0.5, 0.6) is 0 Å². The zero-order chi connectivity index (χ0) is 0. The summed E-state index contributed by atoms with van der Waals surface area (Å²) in [5, 5.41) is 0. The molecule has 0 rings (SSSR count). The van der Waals surface area contributed by atoms with E-state index in [0.29, 0.717) is 0 Å². The smallest absolute Gasteiger partial charge is 0 e. The molecule has 0 aliphatic carbocycles. The summed E-state index contributed by atoms with van der Waals surface area (Å²) in [6, 6.07) is 0. The van der Waals surface area contributed by atoms with Crippen LogP contribution in [-0.4, -0.2) is 17.4 Å². The average molecular weight is 259 g/mol. The van der Waals surface area contributed by atoms with Crippen LogP contribution in [0.3, 0.4) is 0 Å². The van der Waals surface area contributed by atoms with Crippen molar-refractivity contribution in [1.29, 1.82) is 0 Å². The summed E-state index contributed by atoms with van der Waals surface area (Å²) >= 11 is 0. The second-order valence-corrected chi connectivity index (χ2v) is 0. The molecule has 5 heavy (non-hydrogen) atoms. The summed E-state index contributed by atoms with van der Waals surface area (Å²) < 4.78 is 0. The number of hydrogen-bond acceptors (Lipinski definition) is 0. The Morgan fingerprint density at radius 3 is 1.00 bits per heavy atom. The first kappa shape index (κ1) is 46.5. The van der Waals surface area contributed by atoms with Crippen LogP contribution in [0.2, 0.25) is 0 Å². The third-order valence-electron chi connectivity index (χ3n) is 0. The minimum atomic E-state index is 0. The molecule has 0 aromatic carbocycles. The SMILES string of the molecule is [AlH3].[Co].[Cu].[Ni].[Ti]. The van der Waals surface area contributed by atoms with Gasteiger partial charge in [0.05, 0.1) is 0 Å². The van der Waals surface area contributed by atoms with Gasteiger partial charge in [0, 0.05) is 72.1 Å². The predicted molar refractivity (Wildman–Crippen MR) is 9.94 cm³/mol. The fourth-order valence-electron chi connectivity index (χ4n) is 0. The largest absolute Gasteiger partial charge is 0.187 e. The van der Waals surface area contributed by atoms with Gasteiger partial charge in [0.25, 0.3) is 0 Å². The Hall–Kier alpha value is 2.77. The molecule has 0 unspecified atom stereocenters. The molecule has 0 spiro atoms. The van der Waals surface area contributed by atoms with Gasteiger partial charge in [-0.1, -0.05) is 0 Å². The van der Waals surface area contributed by atoms with Crippen molar-refractivity contribution < 1.29 is 72.1 Å². The normalized spacial score (nSPS) is 0.